The number of rotatable bonds is 31. The Morgan fingerprint density at radius 3 is 1.42 bits per heavy atom. The van der Waals surface area contributed by atoms with Crippen LogP contribution in [0.15, 0.2) is 132 Å². The zero-order valence-electron chi connectivity index (χ0n) is 52.6. The summed E-state index contributed by atoms with van der Waals surface area (Å²) in [5.74, 6) is -6.87. The van der Waals surface area contributed by atoms with E-state index >= 15 is 0 Å². The van der Waals surface area contributed by atoms with E-state index in [0.717, 1.165) is 51.4 Å². The number of carbonyl (C=O) groups excluding carboxylic acids is 6. The van der Waals surface area contributed by atoms with Gasteiger partial charge in [0.2, 0.25) is 5.91 Å². The monoisotopic (exact) mass is 1380 g/mol. The zero-order chi connectivity index (χ0) is 68.8. The van der Waals surface area contributed by atoms with E-state index in [9.17, 15) is 65.4 Å². The number of hydrogen-bond acceptors (Lipinski definition) is 19. The van der Waals surface area contributed by atoms with Gasteiger partial charge in [0.05, 0.1) is 67.1 Å². The maximum Gasteiger partial charge on any atom is 0.339 e. The first-order valence-electron chi connectivity index (χ1n) is 30.5. The molecule has 2 fully saturated rings. The molecule has 96 heavy (non-hydrogen) atoms. The van der Waals surface area contributed by atoms with Crippen LogP contribution in [-0.2, 0) is 73.0 Å². The molecule has 2 aliphatic rings. The zero-order valence-corrected chi connectivity index (χ0v) is 55.1. The lowest BCUT2D eigenvalue weighted by molar-refractivity contribution is -0.693. The van der Waals surface area contributed by atoms with Gasteiger partial charge in [-0.2, -0.15) is 0 Å². The number of pyridine rings is 2. The number of carboxylic acid groups (broad SMARTS) is 2. The van der Waals surface area contributed by atoms with Crippen LogP contribution in [0.5, 0.6) is 0 Å². The van der Waals surface area contributed by atoms with Crippen molar-refractivity contribution in [3.05, 3.63) is 155 Å². The lowest BCUT2D eigenvalue weighted by atomic mass is 10.1. The summed E-state index contributed by atoms with van der Waals surface area (Å²) >= 11 is 1.60. The van der Waals surface area contributed by atoms with Crippen LogP contribution >= 0.6 is 11.8 Å². The van der Waals surface area contributed by atoms with Gasteiger partial charge in [-0.1, -0.05) is 12.1 Å². The first kappa shape index (κ1) is 72.1. The molecule has 0 aliphatic carbocycles. The van der Waals surface area contributed by atoms with Crippen LogP contribution in [0, 0.1) is 13.8 Å². The van der Waals surface area contributed by atoms with E-state index in [1.807, 2.05) is 10.8 Å². The Kier molecular flexibility index (Phi) is 26.0. The molecule has 0 atom stereocenters. The number of aromatic nitrogens is 2. The molecular weight excluding hydrogens is 1300 g/mol. The van der Waals surface area contributed by atoms with E-state index in [-0.39, 0.29) is 40.3 Å². The maximum atomic E-state index is 13.8. The molecule has 0 radical (unpaired) electrons. The number of sulfonamides is 2. The van der Waals surface area contributed by atoms with Gasteiger partial charge >= 0.3 is 35.6 Å². The number of hydrazine groups is 2. The molecule has 12 N–H and O–H groups in total. The van der Waals surface area contributed by atoms with Crippen LogP contribution in [0.4, 0.5) is 34.1 Å². The Bertz CT molecular complexity index is 4040. The Labute approximate surface area is 558 Å². The van der Waals surface area contributed by atoms with Gasteiger partial charge in [-0.05, 0) is 124 Å². The number of amides is 6. The van der Waals surface area contributed by atoms with Gasteiger partial charge in [-0.15, -0.1) is 11.8 Å². The van der Waals surface area contributed by atoms with Crippen molar-refractivity contribution in [3.63, 3.8) is 0 Å². The molecule has 6 aromatic rings. The highest BCUT2D eigenvalue weighted by atomic mass is 32.2. The van der Waals surface area contributed by atoms with Crippen molar-refractivity contribution in [2.75, 3.05) is 121 Å². The second kappa shape index (κ2) is 34.6. The second-order valence-corrected chi connectivity index (χ2v) is 26.6. The van der Waals surface area contributed by atoms with E-state index in [1.165, 1.54) is 80.6 Å². The fourth-order valence-electron chi connectivity index (χ4n) is 10.0. The van der Waals surface area contributed by atoms with Crippen LogP contribution in [0.2, 0.25) is 0 Å². The second-order valence-electron chi connectivity index (χ2n) is 22.1. The number of anilines is 6. The van der Waals surface area contributed by atoms with E-state index in [0.29, 0.717) is 99.5 Å². The van der Waals surface area contributed by atoms with Crippen LogP contribution in [0.3, 0.4) is 0 Å². The molecule has 0 saturated carbocycles. The van der Waals surface area contributed by atoms with Gasteiger partial charge in [0, 0.05) is 68.3 Å². The van der Waals surface area contributed by atoms with E-state index < -0.39 is 88.3 Å². The molecule has 4 heterocycles. The number of thioether (sulfide) groups is 1. The Balaban J connectivity index is 0.780. The van der Waals surface area contributed by atoms with E-state index in [1.54, 1.807) is 53.1 Å². The summed E-state index contributed by atoms with van der Waals surface area (Å²) in [4.78, 5) is 105. The first-order chi connectivity index (χ1) is 46.0. The molecule has 2 saturated heterocycles. The van der Waals surface area contributed by atoms with Crippen molar-refractivity contribution in [1.82, 2.24) is 31.3 Å². The Morgan fingerprint density at radius 2 is 0.958 bits per heavy atom. The number of nitrogens with one attached hydrogen (secondary N) is 10. The molecule has 6 amide bonds. The highest BCUT2D eigenvalue weighted by molar-refractivity contribution is 7.99. The summed E-state index contributed by atoms with van der Waals surface area (Å²) < 4.78 is 74.1. The average molecular weight is 1380 g/mol. The molecular formula is C63H76N14O16S3+2. The summed E-state index contributed by atoms with van der Waals surface area (Å²) in [6.45, 7) is 12.0. The molecule has 4 aromatic carbocycles. The van der Waals surface area contributed by atoms with E-state index in [4.69, 9.17) is 9.47 Å². The SMILES string of the molecule is Cc1ccc(S(=O)(=O)Nc2ccc(NNC(=O)C(=O)NCCCN3CCOCC3)cc2)c(C(=O)O)c1NC(=O)Cc1ccc[n+](CCSCC[n+]2cccc(C(=O)Nc3c(C)ccc(S(=O)(=O)Nc4ccc(NNC(=O)C(=O)NCCCN5CCOCC5)cc4)c3C(=O)O)c2)c1. The minimum Gasteiger partial charge on any atom is -0.478 e. The molecule has 8 rings (SSSR count). The van der Waals surface area contributed by atoms with Crippen LogP contribution < -0.4 is 61.5 Å². The molecule has 0 unspecified atom stereocenters. The number of aromatic carboxylic acids is 2. The topological polar surface area (TPSA) is 398 Å². The predicted octanol–water partition coefficient (Wildman–Crippen LogP) is 2.31. The standard InChI is InChI=1S/C63H74N14O16S3/c1-42-9-19-50(95(88,89)72-48-15-11-46(12-16-48)68-70-60(82)58(80)64-21-5-25-74-27-33-92-34-28-74)53(62(84)85)55(42)66-52(78)39-44-7-3-23-76(40-44)31-37-94-38-32-77-24-4-8-45(41-77)57(79)67-56-43(2)10-20-51(54(56)63(86)87)96(90,91)73-49-17-13-47(14-18-49)69-71-61(83)59(81)65-22-6-26-75-29-35-93-36-30-75/h3-4,7-20,23-24,40-41H,5-6,21-22,25-39H2,1-2H3,(H10-2,64,65,66,67,68,69,70,71,72,73,78,79,80,81,82,83,84,85,86,87)/p+2. The highest BCUT2D eigenvalue weighted by Gasteiger charge is 2.31. The van der Waals surface area contributed by atoms with Crippen molar-refractivity contribution in [1.29, 1.82) is 0 Å². The minimum absolute atomic E-state index is 0.0363. The van der Waals surface area contributed by atoms with Crippen molar-refractivity contribution in [2.24, 2.45) is 0 Å². The third kappa shape index (κ3) is 21.1. The third-order valence-electron chi connectivity index (χ3n) is 15.1. The summed E-state index contributed by atoms with van der Waals surface area (Å²) in [5, 5.41) is 31.1. The largest absolute Gasteiger partial charge is 0.478 e. The quantitative estimate of drug-likeness (QED) is 0.0129. The maximum absolute atomic E-state index is 13.8. The molecule has 0 spiro atoms. The number of carbonyl (C=O) groups is 8. The first-order valence-corrected chi connectivity index (χ1v) is 34.6. The molecule has 33 heteroatoms. The van der Waals surface area contributed by atoms with Gasteiger partial charge in [0.15, 0.2) is 37.9 Å². The predicted molar refractivity (Wildman–Crippen MR) is 355 cm³/mol. The van der Waals surface area contributed by atoms with Gasteiger partial charge in [0.1, 0.15) is 26.5 Å². The van der Waals surface area contributed by atoms with Gasteiger partial charge in [0.25, 0.3) is 26.0 Å². The lowest BCUT2D eigenvalue weighted by Gasteiger charge is -2.26. The molecule has 0 bridgehead atoms. The number of hydrogen-bond donors (Lipinski definition) is 12. The highest BCUT2D eigenvalue weighted by Crippen LogP contribution is 2.32. The smallest absolute Gasteiger partial charge is 0.339 e. The Morgan fingerprint density at radius 1 is 0.531 bits per heavy atom. The summed E-state index contributed by atoms with van der Waals surface area (Å²) in [7, 11) is -9.16. The van der Waals surface area contributed by atoms with Crippen LogP contribution in [0.1, 0.15) is 60.6 Å². The lowest BCUT2D eigenvalue weighted by Crippen LogP contribution is -2.43. The van der Waals surface area contributed by atoms with Crippen LogP contribution in [0.25, 0.3) is 0 Å². The minimum atomic E-state index is -4.59. The average Bonchev–Trinajstić information content (AvgIpc) is 0.787. The number of ether oxygens (including phenoxy) is 2. The normalized spacial score (nSPS) is 13.5. The molecule has 30 nitrogen and oxygen atoms in total. The molecule has 510 valence electrons. The number of aryl methyl sites for hydroxylation is 4. The van der Waals surface area contributed by atoms with Gasteiger partial charge in [-0.25, -0.2) is 35.6 Å². The van der Waals surface area contributed by atoms with Gasteiger partial charge < -0.3 is 41.0 Å². The van der Waals surface area contributed by atoms with E-state index in [2.05, 4.69) is 62.2 Å². The van der Waals surface area contributed by atoms with Gasteiger partial charge in [-0.3, -0.25) is 69.7 Å². The fourth-order valence-corrected chi connectivity index (χ4v) is 13.4. The summed E-state index contributed by atoms with van der Waals surface area (Å²) in [6, 6.07) is 22.7. The number of benzene rings is 4. The number of carboxylic acids is 2. The molecule has 2 aliphatic heterocycles. The fraction of sp³-hybridized carbons (Fsp3) is 0.333. The van der Waals surface area contributed by atoms with Crippen LogP contribution in [-0.4, -0.2) is 175 Å². The number of morpholine rings is 2. The summed E-state index contributed by atoms with van der Waals surface area (Å²) in [6.07, 6.45) is 8.00. The summed E-state index contributed by atoms with van der Waals surface area (Å²) in [5.41, 5.74) is 9.97. The van der Waals surface area contributed by atoms with Crippen molar-refractivity contribution in [3.8, 4) is 0 Å². The van der Waals surface area contributed by atoms with Crippen molar-refractivity contribution in [2.45, 2.75) is 56.0 Å². The third-order valence-corrected chi connectivity index (χ3v) is 18.9. The van der Waals surface area contributed by atoms with Crippen molar-refractivity contribution < 1.29 is 84.0 Å². The number of nitrogens with zero attached hydrogens (tertiary/aromatic N) is 4. The molecule has 2 aromatic heterocycles. The Hall–Kier alpha value is -9.77. The van der Waals surface area contributed by atoms with Crippen molar-refractivity contribution >= 4 is 113 Å².